The van der Waals surface area contributed by atoms with Crippen LogP contribution in [0.2, 0.25) is 0 Å². The lowest BCUT2D eigenvalue weighted by molar-refractivity contribution is 0.263. The molecule has 0 spiro atoms. The van der Waals surface area contributed by atoms with E-state index in [9.17, 15) is 0 Å². The van der Waals surface area contributed by atoms with Crippen molar-refractivity contribution in [3.05, 3.63) is 96.8 Å². The Morgan fingerprint density at radius 3 is 2.00 bits per heavy atom. The predicted molar refractivity (Wildman–Crippen MR) is 124 cm³/mol. The molecule has 30 heavy (non-hydrogen) atoms. The monoisotopic (exact) mass is 393 g/mol. The van der Waals surface area contributed by atoms with E-state index >= 15 is 0 Å². The molecule has 2 heterocycles. The minimum atomic E-state index is 0.506. The zero-order valence-corrected chi connectivity index (χ0v) is 17.4. The SMILES string of the molecule is CC(c1ccc(-c2ccc(-c3cccc(-n4cccn4)c3)cc2)cc1)N1CCCC1. The number of benzene rings is 3. The number of nitrogens with zero attached hydrogens (tertiary/aromatic N) is 3. The molecule has 3 aromatic carbocycles. The van der Waals surface area contributed by atoms with E-state index < -0.39 is 0 Å². The number of hydrogen-bond donors (Lipinski definition) is 0. The van der Waals surface area contributed by atoms with Crippen LogP contribution in [-0.4, -0.2) is 27.8 Å². The number of aromatic nitrogens is 2. The summed E-state index contributed by atoms with van der Waals surface area (Å²) >= 11 is 0. The Labute approximate surface area is 178 Å². The third-order valence-corrected chi connectivity index (χ3v) is 6.25. The Bertz CT molecular complexity index is 1090. The molecular weight excluding hydrogens is 366 g/mol. The van der Waals surface area contributed by atoms with Gasteiger partial charge in [0, 0.05) is 18.4 Å². The minimum absolute atomic E-state index is 0.506. The molecule has 1 fully saturated rings. The molecule has 1 atom stereocenters. The zero-order chi connectivity index (χ0) is 20.3. The molecule has 150 valence electrons. The van der Waals surface area contributed by atoms with Crippen molar-refractivity contribution in [2.45, 2.75) is 25.8 Å². The molecular formula is C27H27N3. The second kappa shape index (κ2) is 8.29. The summed E-state index contributed by atoms with van der Waals surface area (Å²) in [6.07, 6.45) is 6.44. The van der Waals surface area contributed by atoms with Gasteiger partial charge in [0.2, 0.25) is 0 Å². The molecule has 0 radical (unpaired) electrons. The molecule has 1 saturated heterocycles. The molecule has 1 aliphatic rings. The predicted octanol–water partition coefficient (Wildman–Crippen LogP) is 6.36. The molecule has 1 aromatic heterocycles. The van der Waals surface area contributed by atoms with Gasteiger partial charge in [-0.2, -0.15) is 5.10 Å². The van der Waals surface area contributed by atoms with Gasteiger partial charge in [0.1, 0.15) is 0 Å². The van der Waals surface area contributed by atoms with Crippen LogP contribution in [0.3, 0.4) is 0 Å². The average Bonchev–Trinajstić information content (AvgIpc) is 3.54. The van der Waals surface area contributed by atoms with Gasteiger partial charge < -0.3 is 0 Å². The highest BCUT2D eigenvalue weighted by atomic mass is 15.3. The van der Waals surface area contributed by atoms with Crippen LogP contribution in [0.15, 0.2) is 91.3 Å². The summed E-state index contributed by atoms with van der Waals surface area (Å²) in [5, 5.41) is 4.33. The molecule has 1 aliphatic heterocycles. The fraction of sp³-hybridized carbons (Fsp3) is 0.222. The first-order valence-electron chi connectivity index (χ1n) is 10.8. The van der Waals surface area contributed by atoms with Crippen molar-refractivity contribution >= 4 is 0 Å². The second-order valence-electron chi connectivity index (χ2n) is 8.12. The topological polar surface area (TPSA) is 21.1 Å². The van der Waals surface area contributed by atoms with Gasteiger partial charge in [-0.3, -0.25) is 4.90 Å². The van der Waals surface area contributed by atoms with Crippen molar-refractivity contribution < 1.29 is 0 Å². The zero-order valence-electron chi connectivity index (χ0n) is 17.4. The smallest absolute Gasteiger partial charge is 0.0651 e. The maximum Gasteiger partial charge on any atom is 0.0651 e. The van der Waals surface area contributed by atoms with E-state index in [0.29, 0.717) is 6.04 Å². The van der Waals surface area contributed by atoms with E-state index in [1.807, 2.05) is 16.9 Å². The standard InChI is InChI=1S/C27H27N3/c1-21(29-17-2-3-18-29)22-8-10-23(11-9-22)24-12-14-25(15-13-24)26-6-4-7-27(20-26)30-19-5-16-28-30/h4-16,19-21H,2-3,17-18H2,1H3. The Morgan fingerprint density at radius 2 is 1.37 bits per heavy atom. The fourth-order valence-corrected chi connectivity index (χ4v) is 4.40. The van der Waals surface area contributed by atoms with E-state index in [1.165, 1.54) is 53.7 Å². The summed E-state index contributed by atoms with van der Waals surface area (Å²) < 4.78 is 1.89. The quantitative estimate of drug-likeness (QED) is 0.393. The summed E-state index contributed by atoms with van der Waals surface area (Å²) in [6.45, 7) is 4.78. The van der Waals surface area contributed by atoms with Crippen molar-refractivity contribution in [2.75, 3.05) is 13.1 Å². The molecule has 3 heteroatoms. The van der Waals surface area contributed by atoms with Crippen molar-refractivity contribution in [3.63, 3.8) is 0 Å². The van der Waals surface area contributed by atoms with Crippen LogP contribution in [0.25, 0.3) is 27.9 Å². The van der Waals surface area contributed by atoms with E-state index in [0.717, 1.165) is 5.69 Å². The summed E-state index contributed by atoms with van der Waals surface area (Å²) in [5.41, 5.74) is 7.42. The third-order valence-electron chi connectivity index (χ3n) is 6.25. The lowest BCUT2D eigenvalue weighted by Crippen LogP contribution is -2.23. The fourth-order valence-electron chi connectivity index (χ4n) is 4.40. The molecule has 0 N–H and O–H groups in total. The van der Waals surface area contributed by atoms with Gasteiger partial charge in [0.25, 0.3) is 0 Å². The third kappa shape index (κ3) is 3.81. The van der Waals surface area contributed by atoms with E-state index in [4.69, 9.17) is 0 Å². The van der Waals surface area contributed by atoms with E-state index in [1.54, 1.807) is 6.20 Å². The lowest BCUT2D eigenvalue weighted by Gasteiger charge is -2.24. The highest BCUT2D eigenvalue weighted by molar-refractivity contribution is 5.71. The van der Waals surface area contributed by atoms with Crippen molar-refractivity contribution in [3.8, 4) is 27.9 Å². The number of hydrogen-bond acceptors (Lipinski definition) is 2. The Morgan fingerprint density at radius 1 is 0.733 bits per heavy atom. The van der Waals surface area contributed by atoms with Crippen LogP contribution >= 0.6 is 0 Å². The van der Waals surface area contributed by atoms with Gasteiger partial charge >= 0.3 is 0 Å². The average molecular weight is 394 g/mol. The van der Waals surface area contributed by atoms with E-state index in [-0.39, 0.29) is 0 Å². The summed E-state index contributed by atoms with van der Waals surface area (Å²) in [7, 11) is 0. The lowest BCUT2D eigenvalue weighted by atomic mass is 9.98. The molecule has 3 nitrogen and oxygen atoms in total. The van der Waals surface area contributed by atoms with Gasteiger partial charge in [-0.25, -0.2) is 4.68 Å². The first-order chi connectivity index (χ1) is 14.8. The first-order valence-corrected chi connectivity index (χ1v) is 10.8. The molecule has 0 bridgehead atoms. The summed E-state index contributed by atoms with van der Waals surface area (Å²) in [6, 6.07) is 28.9. The van der Waals surface area contributed by atoms with Crippen LogP contribution in [-0.2, 0) is 0 Å². The van der Waals surface area contributed by atoms with Crippen molar-refractivity contribution in [1.82, 2.24) is 14.7 Å². The Balaban J connectivity index is 1.34. The normalized spacial score (nSPS) is 15.4. The largest absolute Gasteiger partial charge is 0.297 e. The minimum Gasteiger partial charge on any atom is -0.297 e. The summed E-state index contributed by atoms with van der Waals surface area (Å²) in [5.74, 6) is 0. The molecule has 0 amide bonds. The molecule has 4 aromatic rings. The van der Waals surface area contributed by atoms with Gasteiger partial charge in [-0.1, -0.05) is 60.7 Å². The van der Waals surface area contributed by atoms with Crippen molar-refractivity contribution in [2.24, 2.45) is 0 Å². The van der Waals surface area contributed by atoms with Crippen LogP contribution in [0.4, 0.5) is 0 Å². The maximum atomic E-state index is 4.33. The van der Waals surface area contributed by atoms with Gasteiger partial charge in [-0.05, 0) is 78.9 Å². The Kier molecular flexibility index (Phi) is 5.20. The number of likely N-dealkylation sites (tertiary alicyclic amines) is 1. The van der Waals surface area contributed by atoms with Crippen LogP contribution in [0.1, 0.15) is 31.4 Å². The van der Waals surface area contributed by atoms with Gasteiger partial charge in [0.15, 0.2) is 0 Å². The molecule has 5 rings (SSSR count). The Hall–Kier alpha value is -3.17. The first kappa shape index (κ1) is 18.8. The second-order valence-corrected chi connectivity index (χ2v) is 8.12. The maximum absolute atomic E-state index is 4.33. The van der Waals surface area contributed by atoms with Crippen LogP contribution in [0, 0.1) is 0 Å². The highest BCUT2D eigenvalue weighted by Crippen LogP contribution is 2.29. The van der Waals surface area contributed by atoms with Crippen LogP contribution in [0.5, 0.6) is 0 Å². The molecule has 0 saturated carbocycles. The van der Waals surface area contributed by atoms with E-state index in [2.05, 4.69) is 89.7 Å². The van der Waals surface area contributed by atoms with Gasteiger partial charge in [0.05, 0.1) is 5.69 Å². The van der Waals surface area contributed by atoms with Crippen LogP contribution < -0.4 is 0 Å². The molecule has 1 unspecified atom stereocenters. The summed E-state index contributed by atoms with van der Waals surface area (Å²) in [4.78, 5) is 2.58. The van der Waals surface area contributed by atoms with Gasteiger partial charge in [-0.15, -0.1) is 0 Å². The van der Waals surface area contributed by atoms with Crippen molar-refractivity contribution in [1.29, 1.82) is 0 Å². The highest BCUT2D eigenvalue weighted by Gasteiger charge is 2.19. The molecule has 0 aliphatic carbocycles. The number of rotatable bonds is 5.